The molecule has 0 unspecified atom stereocenters. The third-order valence-electron chi connectivity index (χ3n) is 4.16. The summed E-state index contributed by atoms with van der Waals surface area (Å²) in [6.45, 7) is 2.24. The predicted molar refractivity (Wildman–Crippen MR) is 109 cm³/mol. The third-order valence-corrected chi connectivity index (χ3v) is 4.16. The monoisotopic (exact) mass is 378 g/mol. The second kappa shape index (κ2) is 8.95. The Morgan fingerprint density at radius 2 is 1.71 bits per heavy atom. The van der Waals surface area contributed by atoms with Gasteiger partial charge in [-0.2, -0.15) is 0 Å². The fourth-order valence-corrected chi connectivity index (χ4v) is 2.66. The fourth-order valence-electron chi connectivity index (χ4n) is 2.66. The van der Waals surface area contributed by atoms with Gasteiger partial charge in [0.05, 0.1) is 5.69 Å². The predicted octanol–water partition coefficient (Wildman–Crippen LogP) is 6.03. The normalized spacial score (nSPS) is 10.8. The molecule has 28 heavy (non-hydrogen) atoms. The van der Waals surface area contributed by atoms with Gasteiger partial charge in [-0.25, -0.2) is 13.6 Å². The van der Waals surface area contributed by atoms with Crippen LogP contribution in [0.4, 0.5) is 25.0 Å². The molecule has 142 valence electrons. The van der Waals surface area contributed by atoms with Crippen molar-refractivity contribution in [3.8, 4) is 0 Å². The Kier molecular flexibility index (Phi) is 6.17. The number of carbonyl (C=O) groups excluding carboxylic acids is 1. The number of aryl methyl sites for hydroxylation is 1. The highest BCUT2D eigenvalue weighted by molar-refractivity contribution is 6.02. The van der Waals surface area contributed by atoms with Crippen LogP contribution in [-0.4, -0.2) is 12.6 Å². The van der Waals surface area contributed by atoms with Crippen molar-refractivity contribution in [1.82, 2.24) is 0 Å². The Bertz CT molecular complexity index is 970. The topological polar surface area (TPSA) is 32.3 Å². The molecule has 0 aromatic heterocycles. The molecule has 3 nitrogen and oxygen atoms in total. The summed E-state index contributed by atoms with van der Waals surface area (Å²) in [5, 5.41) is 2.51. The van der Waals surface area contributed by atoms with E-state index in [0.717, 1.165) is 23.3 Å². The summed E-state index contributed by atoms with van der Waals surface area (Å²) < 4.78 is 27.0. The lowest BCUT2D eigenvalue weighted by atomic mass is 10.2. The maximum absolute atomic E-state index is 13.9. The zero-order valence-corrected chi connectivity index (χ0v) is 15.4. The van der Waals surface area contributed by atoms with Crippen molar-refractivity contribution in [3.05, 3.63) is 102 Å². The highest BCUT2D eigenvalue weighted by Crippen LogP contribution is 2.20. The molecular weight excluding hydrogens is 358 g/mol. The quantitative estimate of drug-likeness (QED) is 0.578. The van der Waals surface area contributed by atoms with Crippen LogP contribution in [0.2, 0.25) is 0 Å². The Labute approximate surface area is 162 Å². The van der Waals surface area contributed by atoms with Crippen LogP contribution in [0, 0.1) is 18.6 Å². The van der Waals surface area contributed by atoms with Gasteiger partial charge < -0.3 is 5.32 Å². The molecule has 0 saturated heterocycles. The van der Waals surface area contributed by atoms with E-state index in [4.69, 9.17) is 0 Å². The SMILES string of the molecule is Cc1ccc(N(C/C=C/c2ccccc2)C(=O)Nc2ccc(F)cc2F)cc1. The minimum absolute atomic E-state index is 0.0736. The molecule has 0 aliphatic carbocycles. The van der Waals surface area contributed by atoms with Crippen molar-refractivity contribution in [1.29, 1.82) is 0 Å². The fraction of sp³-hybridized carbons (Fsp3) is 0.0870. The van der Waals surface area contributed by atoms with Crippen molar-refractivity contribution < 1.29 is 13.6 Å². The lowest BCUT2D eigenvalue weighted by Crippen LogP contribution is -2.35. The van der Waals surface area contributed by atoms with Crippen LogP contribution in [0.1, 0.15) is 11.1 Å². The van der Waals surface area contributed by atoms with Gasteiger partial charge in [0.2, 0.25) is 0 Å². The van der Waals surface area contributed by atoms with E-state index in [9.17, 15) is 13.6 Å². The van der Waals surface area contributed by atoms with Crippen molar-refractivity contribution in [2.75, 3.05) is 16.8 Å². The van der Waals surface area contributed by atoms with Crippen molar-refractivity contribution in [2.45, 2.75) is 6.92 Å². The van der Waals surface area contributed by atoms with Crippen LogP contribution in [0.3, 0.4) is 0 Å². The lowest BCUT2D eigenvalue weighted by molar-refractivity contribution is 0.257. The van der Waals surface area contributed by atoms with Crippen LogP contribution in [0.25, 0.3) is 6.08 Å². The Morgan fingerprint density at radius 1 is 1.00 bits per heavy atom. The minimum atomic E-state index is -0.822. The maximum atomic E-state index is 13.9. The summed E-state index contributed by atoms with van der Waals surface area (Å²) >= 11 is 0. The number of benzene rings is 3. The summed E-state index contributed by atoms with van der Waals surface area (Å²) in [4.78, 5) is 14.3. The number of carbonyl (C=O) groups is 1. The molecule has 5 heteroatoms. The number of amides is 2. The molecule has 2 amide bonds. The average Bonchev–Trinajstić information content (AvgIpc) is 2.69. The molecule has 3 aromatic carbocycles. The standard InChI is InChI=1S/C23H20F2N2O/c1-17-9-12-20(13-10-17)27(15-5-8-18-6-3-2-4-7-18)23(28)26-22-14-11-19(24)16-21(22)25/h2-14,16H,15H2,1H3,(H,26,28)/b8-5+. The van der Waals surface area contributed by atoms with E-state index >= 15 is 0 Å². The first-order chi connectivity index (χ1) is 13.5. The van der Waals surface area contributed by atoms with Gasteiger partial charge in [0, 0.05) is 18.3 Å². The van der Waals surface area contributed by atoms with Gasteiger partial charge in [0.25, 0.3) is 0 Å². The smallest absolute Gasteiger partial charge is 0.305 e. The van der Waals surface area contributed by atoms with Gasteiger partial charge in [-0.15, -0.1) is 0 Å². The average molecular weight is 378 g/mol. The van der Waals surface area contributed by atoms with E-state index in [-0.39, 0.29) is 12.2 Å². The molecular formula is C23H20F2N2O. The molecule has 0 bridgehead atoms. The van der Waals surface area contributed by atoms with Gasteiger partial charge in [-0.05, 0) is 36.8 Å². The number of nitrogens with zero attached hydrogens (tertiary/aromatic N) is 1. The molecule has 0 fully saturated rings. The first-order valence-electron chi connectivity index (χ1n) is 8.85. The van der Waals surface area contributed by atoms with E-state index in [2.05, 4.69) is 5.32 Å². The van der Waals surface area contributed by atoms with E-state index in [1.165, 1.54) is 11.0 Å². The van der Waals surface area contributed by atoms with Gasteiger partial charge in [0.15, 0.2) is 0 Å². The first kappa shape index (κ1) is 19.3. The summed E-state index contributed by atoms with van der Waals surface area (Å²) in [6, 6.07) is 19.7. The molecule has 3 aromatic rings. The summed E-state index contributed by atoms with van der Waals surface area (Å²) in [5.74, 6) is -1.52. The lowest BCUT2D eigenvalue weighted by Gasteiger charge is -2.22. The molecule has 0 heterocycles. The van der Waals surface area contributed by atoms with Crippen molar-refractivity contribution >= 4 is 23.5 Å². The molecule has 0 atom stereocenters. The summed E-state index contributed by atoms with van der Waals surface area (Å²) in [6.07, 6.45) is 3.77. The van der Waals surface area contributed by atoms with Gasteiger partial charge >= 0.3 is 6.03 Å². The zero-order chi connectivity index (χ0) is 19.9. The van der Waals surface area contributed by atoms with Gasteiger partial charge in [-0.3, -0.25) is 4.90 Å². The number of nitrogens with one attached hydrogen (secondary N) is 1. The van der Waals surface area contributed by atoms with Crippen LogP contribution < -0.4 is 10.2 Å². The van der Waals surface area contributed by atoms with Gasteiger partial charge in [0.1, 0.15) is 11.6 Å². The number of rotatable bonds is 5. The van der Waals surface area contributed by atoms with Crippen LogP contribution in [-0.2, 0) is 0 Å². The van der Waals surface area contributed by atoms with E-state index in [1.807, 2.05) is 73.7 Å². The van der Waals surface area contributed by atoms with E-state index < -0.39 is 17.7 Å². The number of hydrogen-bond acceptors (Lipinski definition) is 1. The number of urea groups is 1. The zero-order valence-electron chi connectivity index (χ0n) is 15.4. The maximum Gasteiger partial charge on any atom is 0.326 e. The highest BCUT2D eigenvalue weighted by atomic mass is 19.1. The molecule has 0 aliphatic rings. The molecule has 0 radical (unpaired) electrons. The molecule has 0 spiro atoms. The Balaban J connectivity index is 1.81. The Hall–Kier alpha value is -3.47. The van der Waals surface area contributed by atoms with Crippen molar-refractivity contribution in [3.63, 3.8) is 0 Å². The highest BCUT2D eigenvalue weighted by Gasteiger charge is 2.16. The largest absolute Gasteiger partial charge is 0.326 e. The van der Waals surface area contributed by atoms with Crippen LogP contribution in [0.15, 0.2) is 78.9 Å². The molecule has 3 rings (SSSR count). The van der Waals surface area contributed by atoms with Crippen LogP contribution in [0.5, 0.6) is 0 Å². The van der Waals surface area contributed by atoms with Crippen molar-refractivity contribution in [2.24, 2.45) is 0 Å². The second-order valence-electron chi connectivity index (χ2n) is 6.31. The van der Waals surface area contributed by atoms with Gasteiger partial charge in [-0.1, -0.05) is 60.2 Å². The third kappa shape index (κ3) is 5.04. The molecule has 0 aliphatic heterocycles. The Morgan fingerprint density at radius 3 is 2.39 bits per heavy atom. The second-order valence-corrected chi connectivity index (χ2v) is 6.31. The number of hydrogen-bond donors (Lipinski definition) is 1. The minimum Gasteiger partial charge on any atom is -0.305 e. The molecule has 1 N–H and O–H groups in total. The van der Waals surface area contributed by atoms with Crippen LogP contribution >= 0.6 is 0 Å². The summed E-state index contributed by atoms with van der Waals surface area (Å²) in [5.41, 5.74) is 2.67. The van der Waals surface area contributed by atoms with E-state index in [0.29, 0.717) is 5.69 Å². The summed E-state index contributed by atoms with van der Waals surface area (Å²) in [7, 11) is 0. The molecule has 0 saturated carbocycles. The van der Waals surface area contributed by atoms with E-state index in [1.54, 1.807) is 0 Å². The number of halogens is 2. The first-order valence-corrected chi connectivity index (χ1v) is 8.85. The number of anilines is 2.